The van der Waals surface area contributed by atoms with Crippen LogP contribution in [0.2, 0.25) is 0 Å². The molecule has 3 aromatic rings. The van der Waals surface area contributed by atoms with E-state index in [1.54, 1.807) is 11.1 Å². The molecule has 19 heavy (non-hydrogen) atoms. The van der Waals surface area contributed by atoms with Gasteiger partial charge in [-0.3, -0.25) is 0 Å². The second-order valence-electron chi connectivity index (χ2n) is 5.41. The van der Waals surface area contributed by atoms with Gasteiger partial charge in [-0.2, -0.15) is 0 Å². The molecule has 4 rings (SSSR count). The quantitative estimate of drug-likeness (QED) is 0.472. The molecule has 0 nitrogen and oxygen atoms in total. The maximum absolute atomic E-state index is 3.80. The van der Waals surface area contributed by atoms with E-state index in [1.165, 1.54) is 51.7 Å². The third-order valence-electron chi connectivity index (χ3n) is 4.30. The average molecular weight is 311 g/mol. The summed E-state index contributed by atoms with van der Waals surface area (Å²) in [6, 6.07) is 15.6. The Morgan fingerprint density at radius 1 is 0.842 bits per heavy atom. The summed E-state index contributed by atoms with van der Waals surface area (Å²) in [5, 5.41) is 5.52. The van der Waals surface area contributed by atoms with E-state index in [4.69, 9.17) is 0 Å². The SMILES string of the molecule is Brc1cc2ccccc2c2ccc3c(c12)CCCC3. The molecule has 0 radical (unpaired) electrons. The van der Waals surface area contributed by atoms with Gasteiger partial charge < -0.3 is 0 Å². The number of hydrogen-bond acceptors (Lipinski definition) is 0. The fourth-order valence-electron chi connectivity index (χ4n) is 3.40. The van der Waals surface area contributed by atoms with Crippen LogP contribution in [0.4, 0.5) is 0 Å². The molecular weight excluding hydrogens is 296 g/mol. The molecule has 0 unspecified atom stereocenters. The zero-order valence-corrected chi connectivity index (χ0v) is 12.3. The second kappa shape index (κ2) is 4.35. The first-order valence-electron chi connectivity index (χ1n) is 6.96. The van der Waals surface area contributed by atoms with Gasteiger partial charge in [0.05, 0.1) is 0 Å². The Morgan fingerprint density at radius 2 is 1.68 bits per heavy atom. The molecule has 0 saturated carbocycles. The molecule has 1 heteroatoms. The van der Waals surface area contributed by atoms with Crippen molar-refractivity contribution in [1.82, 2.24) is 0 Å². The van der Waals surface area contributed by atoms with Gasteiger partial charge in [-0.15, -0.1) is 0 Å². The first-order valence-corrected chi connectivity index (χ1v) is 7.75. The highest BCUT2D eigenvalue weighted by atomic mass is 79.9. The third-order valence-corrected chi connectivity index (χ3v) is 4.93. The molecule has 0 fully saturated rings. The van der Waals surface area contributed by atoms with Crippen LogP contribution in [0.15, 0.2) is 46.9 Å². The maximum atomic E-state index is 3.80. The molecule has 1 aliphatic rings. The van der Waals surface area contributed by atoms with Crippen molar-refractivity contribution in [2.45, 2.75) is 25.7 Å². The van der Waals surface area contributed by atoms with E-state index in [1.807, 2.05) is 0 Å². The molecule has 0 N–H and O–H groups in total. The van der Waals surface area contributed by atoms with Crippen LogP contribution in [0.5, 0.6) is 0 Å². The van der Waals surface area contributed by atoms with Gasteiger partial charge in [0.2, 0.25) is 0 Å². The fraction of sp³-hybridized carbons (Fsp3) is 0.222. The predicted octanol–water partition coefficient (Wildman–Crippen LogP) is 5.63. The summed E-state index contributed by atoms with van der Waals surface area (Å²) in [4.78, 5) is 0. The lowest BCUT2D eigenvalue weighted by Crippen LogP contribution is -2.03. The van der Waals surface area contributed by atoms with Crippen molar-refractivity contribution in [3.8, 4) is 0 Å². The van der Waals surface area contributed by atoms with Gasteiger partial charge in [0, 0.05) is 4.47 Å². The largest absolute Gasteiger partial charge is 0.0616 e. The highest BCUT2D eigenvalue weighted by molar-refractivity contribution is 9.10. The summed E-state index contributed by atoms with van der Waals surface area (Å²) in [7, 11) is 0. The molecular formula is C18H15Br. The number of rotatable bonds is 0. The van der Waals surface area contributed by atoms with E-state index >= 15 is 0 Å². The van der Waals surface area contributed by atoms with Gasteiger partial charge in [0.1, 0.15) is 0 Å². The van der Waals surface area contributed by atoms with Crippen molar-refractivity contribution in [1.29, 1.82) is 0 Å². The van der Waals surface area contributed by atoms with Crippen molar-refractivity contribution in [2.24, 2.45) is 0 Å². The first kappa shape index (κ1) is 11.5. The summed E-state index contributed by atoms with van der Waals surface area (Å²) in [6.07, 6.45) is 5.13. The van der Waals surface area contributed by atoms with Gasteiger partial charge in [-0.05, 0) is 64.4 Å². The lowest BCUT2D eigenvalue weighted by atomic mass is 9.86. The molecule has 0 heterocycles. The fourth-order valence-corrected chi connectivity index (χ4v) is 4.10. The van der Waals surface area contributed by atoms with Crippen molar-refractivity contribution in [3.05, 3.63) is 58.1 Å². The highest BCUT2D eigenvalue weighted by Crippen LogP contribution is 2.37. The van der Waals surface area contributed by atoms with Crippen LogP contribution in [-0.2, 0) is 12.8 Å². The van der Waals surface area contributed by atoms with E-state index in [0.717, 1.165) is 0 Å². The Kier molecular flexibility index (Phi) is 2.63. The highest BCUT2D eigenvalue weighted by Gasteiger charge is 2.15. The van der Waals surface area contributed by atoms with Crippen LogP contribution in [0.1, 0.15) is 24.0 Å². The van der Waals surface area contributed by atoms with E-state index < -0.39 is 0 Å². The minimum absolute atomic E-state index is 1.23. The number of fused-ring (bicyclic) bond motifs is 5. The Bertz CT molecular complexity index is 786. The lowest BCUT2D eigenvalue weighted by Gasteiger charge is -2.19. The van der Waals surface area contributed by atoms with Crippen LogP contribution in [0, 0.1) is 0 Å². The van der Waals surface area contributed by atoms with Crippen molar-refractivity contribution in [3.63, 3.8) is 0 Å². The second-order valence-corrected chi connectivity index (χ2v) is 6.27. The lowest BCUT2D eigenvalue weighted by molar-refractivity contribution is 0.690. The van der Waals surface area contributed by atoms with Crippen molar-refractivity contribution < 1.29 is 0 Å². The van der Waals surface area contributed by atoms with Gasteiger partial charge in [-0.25, -0.2) is 0 Å². The molecule has 0 aliphatic heterocycles. The minimum Gasteiger partial charge on any atom is -0.0616 e. The molecule has 0 atom stereocenters. The summed E-state index contributed by atoms with van der Waals surface area (Å²) in [5.41, 5.74) is 3.12. The van der Waals surface area contributed by atoms with Crippen molar-refractivity contribution in [2.75, 3.05) is 0 Å². The van der Waals surface area contributed by atoms with Crippen LogP contribution in [0.3, 0.4) is 0 Å². The molecule has 0 amide bonds. The monoisotopic (exact) mass is 310 g/mol. The molecule has 0 aromatic heterocycles. The molecule has 94 valence electrons. The van der Waals surface area contributed by atoms with Crippen LogP contribution >= 0.6 is 15.9 Å². The van der Waals surface area contributed by atoms with Gasteiger partial charge in [-0.1, -0.05) is 52.3 Å². The first-order chi connectivity index (χ1) is 9.34. The Labute approximate surface area is 121 Å². The van der Waals surface area contributed by atoms with Crippen molar-refractivity contribution >= 4 is 37.5 Å². The van der Waals surface area contributed by atoms with Gasteiger partial charge >= 0.3 is 0 Å². The number of benzene rings is 3. The minimum atomic E-state index is 1.23. The Morgan fingerprint density at radius 3 is 2.63 bits per heavy atom. The normalized spacial score (nSPS) is 14.8. The molecule has 0 saturated heterocycles. The van der Waals surface area contributed by atoms with Crippen LogP contribution in [0.25, 0.3) is 21.5 Å². The van der Waals surface area contributed by atoms with E-state index in [-0.39, 0.29) is 0 Å². The molecule has 0 spiro atoms. The Hall–Kier alpha value is -1.34. The zero-order chi connectivity index (χ0) is 12.8. The number of halogens is 1. The Balaban J connectivity index is 2.20. The maximum Gasteiger partial charge on any atom is 0.0262 e. The zero-order valence-electron chi connectivity index (χ0n) is 10.7. The molecule has 0 bridgehead atoms. The summed E-state index contributed by atoms with van der Waals surface area (Å²) < 4.78 is 1.25. The van der Waals surface area contributed by atoms with Gasteiger partial charge in [0.15, 0.2) is 0 Å². The van der Waals surface area contributed by atoms with Gasteiger partial charge in [0.25, 0.3) is 0 Å². The summed E-state index contributed by atoms with van der Waals surface area (Å²) in [6.45, 7) is 0. The topological polar surface area (TPSA) is 0 Å². The standard InChI is InChI=1S/C18H15Br/c19-17-11-13-6-2-3-7-14(13)16-10-9-12-5-1-4-8-15(12)18(16)17/h2-3,6-7,9-11H,1,4-5,8H2. The molecule has 1 aliphatic carbocycles. The number of aryl methyl sites for hydroxylation is 2. The number of hydrogen-bond donors (Lipinski definition) is 0. The smallest absolute Gasteiger partial charge is 0.0262 e. The summed E-state index contributed by atoms with van der Waals surface area (Å²) >= 11 is 3.80. The van der Waals surface area contributed by atoms with Crippen LogP contribution in [-0.4, -0.2) is 0 Å². The molecule has 3 aromatic carbocycles. The van der Waals surface area contributed by atoms with Crippen LogP contribution < -0.4 is 0 Å². The van der Waals surface area contributed by atoms with E-state index in [2.05, 4.69) is 58.4 Å². The third kappa shape index (κ3) is 1.72. The average Bonchev–Trinajstić information content (AvgIpc) is 2.46. The van der Waals surface area contributed by atoms with E-state index in [0.29, 0.717) is 0 Å². The summed E-state index contributed by atoms with van der Waals surface area (Å²) in [5.74, 6) is 0. The van der Waals surface area contributed by atoms with E-state index in [9.17, 15) is 0 Å². The predicted molar refractivity (Wildman–Crippen MR) is 85.8 cm³/mol.